The Balaban J connectivity index is 1.80. The van der Waals surface area contributed by atoms with Crippen molar-refractivity contribution in [2.24, 2.45) is 0 Å². The van der Waals surface area contributed by atoms with Crippen molar-refractivity contribution in [1.82, 2.24) is 9.88 Å². The first-order valence-corrected chi connectivity index (χ1v) is 9.40. The minimum Gasteiger partial charge on any atom is -0.342 e. The summed E-state index contributed by atoms with van der Waals surface area (Å²) in [7, 11) is -2.98. The Bertz CT molecular complexity index is 552. The molecule has 0 N–H and O–H groups in total. The zero-order valence-corrected chi connectivity index (χ0v) is 13.0. The standard InChI is InChI=1S/C13H18N2O3S2/c1-20(17,18)12-4-8-15(9-5-12)13(16)10-19-11-2-6-14-7-3-11/h2-3,6-7,12H,4-5,8-10H2,1H3. The molecule has 0 unspecified atom stereocenters. The lowest BCUT2D eigenvalue weighted by Gasteiger charge is -2.31. The van der Waals surface area contributed by atoms with E-state index in [-0.39, 0.29) is 11.2 Å². The van der Waals surface area contributed by atoms with Gasteiger partial charge in [-0.25, -0.2) is 8.42 Å². The molecule has 1 aromatic heterocycles. The minimum atomic E-state index is -2.98. The highest BCUT2D eigenvalue weighted by Gasteiger charge is 2.28. The summed E-state index contributed by atoms with van der Waals surface area (Å²) in [6, 6.07) is 3.74. The van der Waals surface area contributed by atoms with Crippen LogP contribution in [0.2, 0.25) is 0 Å². The number of amides is 1. The van der Waals surface area contributed by atoms with E-state index in [1.807, 2.05) is 12.1 Å². The van der Waals surface area contributed by atoms with Crippen molar-refractivity contribution in [2.45, 2.75) is 23.0 Å². The molecule has 1 aliphatic heterocycles. The Morgan fingerprint density at radius 1 is 1.35 bits per heavy atom. The van der Waals surface area contributed by atoms with Crippen molar-refractivity contribution in [3.8, 4) is 0 Å². The molecule has 1 aromatic rings. The third kappa shape index (κ3) is 4.21. The third-order valence-corrected chi connectivity index (χ3v) is 6.09. The first kappa shape index (κ1) is 15.3. The number of sulfone groups is 1. The van der Waals surface area contributed by atoms with Crippen molar-refractivity contribution in [2.75, 3.05) is 25.1 Å². The van der Waals surface area contributed by atoms with E-state index in [4.69, 9.17) is 0 Å². The predicted octanol–water partition coefficient (Wildman–Crippen LogP) is 1.21. The number of pyridine rings is 1. The van der Waals surface area contributed by atoms with E-state index in [2.05, 4.69) is 4.98 Å². The molecule has 1 saturated heterocycles. The summed E-state index contributed by atoms with van der Waals surface area (Å²) in [5.74, 6) is 0.451. The first-order valence-electron chi connectivity index (χ1n) is 6.46. The maximum atomic E-state index is 12.1. The first-order chi connectivity index (χ1) is 9.47. The van der Waals surface area contributed by atoms with Crippen molar-refractivity contribution < 1.29 is 13.2 Å². The maximum absolute atomic E-state index is 12.1. The highest BCUT2D eigenvalue weighted by Crippen LogP contribution is 2.20. The molecule has 1 fully saturated rings. The molecule has 0 saturated carbocycles. The Morgan fingerprint density at radius 2 is 1.95 bits per heavy atom. The highest BCUT2D eigenvalue weighted by molar-refractivity contribution is 8.00. The third-order valence-electron chi connectivity index (χ3n) is 3.41. The molecule has 2 rings (SSSR count). The number of carbonyl (C=O) groups excluding carboxylic acids is 1. The Kier molecular flexibility index (Phi) is 5.04. The second kappa shape index (κ2) is 6.58. The Hall–Kier alpha value is -1.08. The van der Waals surface area contributed by atoms with Gasteiger partial charge in [0.1, 0.15) is 9.84 Å². The van der Waals surface area contributed by atoms with Gasteiger partial charge in [-0.2, -0.15) is 0 Å². The molecule has 7 heteroatoms. The molecule has 0 aromatic carbocycles. The molecule has 20 heavy (non-hydrogen) atoms. The smallest absolute Gasteiger partial charge is 0.232 e. The van der Waals surface area contributed by atoms with Gasteiger partial charge in [-0.1, -0.05) is 0 Å². The van der Waals surface area contributed by atoms with E-state index in [0.29, 0.717) is 31.7 Å². The van der Waals surface area contributed by atoms with Crippen LogP contribution in [0.1, 0.15) is 12.8 Å². The van der Waals surface area contributed by atoms with Crippen LogP contribution in [-0.4, -0.2) is 54.6 Å². The van der Waals surface area contributed by atoms with Gasteiger partial charge in [0.05, 0.1) is 11.0 Å². The quantitative estimate of drug-likeness (QED) is 0.782. The lowest BCUT2D eigenvalue weighted by Crippen LogP contribution is -2.43. The van der Waals surface area contributed by atoms with Crippen LogP contribution in [-0.2, 0) is 14.6 Å². The van der Waals surface area contributed by atoms with Crippen LogP contribution in [0.15, 0.2) is 29.4 Å². The number of rotatable bonds is 4. The fraction of sp³-hybridized carbons (Fsp3) is 0.538. The maximum Gasteiger partial charge on any atom is 0.232 e. The summed E-state index contributed by atoms with van der Waals surface area (Å²) in [4.78, 5) is 18.8. The lowest BCUT2D eigenvalue weighted by atomic mass is 10.1. The van der Waals surface area contributed by atoms with E-state index in [9.17, 15) is 13.2 Å². The molecule has 0 radical (unpaired) electrons. The number of nitrogens with zero attached hydrogens (tertiary/aromatic N) is 2. The summed E-state index contributed by atoms with van der Waals surface area (Å²) in [5.41, 5.74) is 0. The SMILES string of the molecule is CS(=O)(=O)C1CCN(C(=O)CSc2ccncc2)CC1. The molecular formula is C13H18N2O3S2. The number of thioether (sulfide) groups is 1. The van der Waals surface area contributed by atoms with Gasteiger partial charge in [-0.05, 0) is 25.0 Å². The van der Waals surface area contributed by atoms with Crippen LogP contribution in [0.25, 0.3) is 0 Å². The van der Waals surface area contributed by atoms with Gasteiger partial charge in [0.2, 0.25) is 5.91 Å². The van der Waals surface area contributed by atoms with Crippen LogP contribution >= 0.6 is 11.8 Å². The largest absolute Gasteiger partial charge is 0.342 e. The average molecular weight is 314 g/mol. The molecule has 2 heterocycles. The van der Waals surface area contributed by atoms with Gasteiger partial charge >= 0.3 is 0 Å². The fourth-order valence-electron chi connectivity index (χ4n) is 2.20. The second-order valence-corrected chi connectivity index (χ2v) is 8.26. The topological polar surface area (TPSA) is 67.3 Å². The van der Waals surface area contributed by atoms with Gasteiger partial charge in [-0.3, -0.25) is 9.78 Å². The lowest BCUT2D eigenvalue weighted by molar-refractivity contribution is -0.129. The van der Waals surface area contributed by atoms with Gasteiger partial charge in [-0.15, -0.1) is 11.8 Å². The molecule has 0 spiro atoms. The molecule has 110 valence electrons. The summed E-state index contributed by atoms with van der Waals surface area (Å²) in [6.07, 6.45) is 5.76. The average Bonchev–Trinajstić information content (AvgIpc) is 2.45. The normalized spacial score (nSPS) is 17.1. The number of aromatic nitrogens is 1. The van der Waals surface area contributed by atoms with Gasteiger partial charge in [0.15, 0.2) is 0 Å². The number of carbonyl (C=O) groups is 1. The van der Waals surface area contributed by atoms with Crippen LogP contribution in [0.3, 0.4) is 0 Å². The summed E-state index contributed by atoms with van der Waals surface area (Å²) >= 11 is 1.48. The van der Waals surface area contributed by atoms with Gasteiger partial charge in [0, 0.05) is 36.6 Å². The van der Waals surface area contributed by atoms with E-state index < -0.39 is 9.84 Å². The molecule has 1 aliphatic rings. The zero-order chi connectivity index (χ0) is 14.6. The van der Waals surface area contributed by atoms with Crippen molar-refractivity contribution in [3.63, 3.8) is 0 Å². The van der Waals surface area contributed by atoms with Crippen molar-refractivity contribution >= 4 is 27.5 Å². The van der Waals surface area contributed by atoms with Gasteiger partial charge in [0.25, 0.3) is 0 Å². The van der Waals surface area contributed by atoms with Crippen molar-refractivity contribution in [1.29, 1.82) is 0 Å². The number of likely N-dealkylation sites (tertiary alicyclic amines) is 1. The molecule has 0 atom stereocenters. The molecule has 0 aliphatic carbocycles. The molecule has 5 nitrogen and oxygen atoms in total. The van der Waals surface area contributed by atoms with E-state index in [1.54, 1.807) is 17.3 Å². The number of hydrogen-bond donors (Lipinski definition) is 0. The Morgan fingerprint density at radius 3 is 2.50 bits per heavy atom. The second-order valence-electron chi connectivity index (χ2n) is 4.88. The molecular weight excluding hydrogens is 296 g/mol. The summed E-state index contributed by atoms with van der Waals surface area (Å²) in [6.45, 7) is 1.07. The number of hydrogen-bond acceptors (Lipinski definition) is 5. The van der Waals surface area contributed by atoms with Crippen molar-refractivity contribution in [3.05, 3.63) is 24.5 Å². The van der Waals surface area contributed by atoms with Crippen LogP contribution in [0.5, 0.6) is 0 Å². The monoisotopic (exact) mass is 314 g/mol. The summed E-state index contributed by atoms with van der Waals surface area (Å²) in [5, 5.41) is -0.292. The van der Waals surface area contributed by atoms with Crippen LogP contribution in [0.4, 0.5) is 0 Å². The van der Waals surface area contributed by atoms with Gasteiger partial charge < -0.3 is 4.90 Å². The zero-order valence-electron chi connectivity index (χ0n) is 11.4. The van der Waals surface area contributed by atoms with Crippen LogP contribution in [0, 0.1) is 0 Å². The Labute approximate surface area is 123 Å². The number of piperidine rings is 1. The van der Waals surface area contributed by atoms with Crippen LogP contribution < -0.4 is 0 Å². The minimum absolute atomic E-state index is 0.0683. The summed E-state index contributed by atoms with van der Waals surface area (Å²) < 4.78 is 22.9. The van der Waals surface area contributed by atoms with E-state index >= 15 is 0 Å². The molecule has 0 bridgehead atoms. The van der Waals surface area contributed by atoms with E-state index in [1.165, 1.54) is 18.0 Å². The highest BCUT2D eigenvalue weighted by atomic mass is 32.2. The predicted molar refractivity (Wildman–Crippen MR) is 79.4 cm³/mol. The fourth-order valence-corrected chi connectivity index (χ4v) is 4.06. The van der Waals surface area contributed by atoms with E-state index in [0.717, 1.165) is 4.90 Å². The molecule has 1 amide bonds.